The fourth-order valence-electron chi connectivity index (χ4n) is 0. The van der Waals surface area contributed by atoms with E-state index in [2.05, 4.69) is 5.73 Å². The molecule has 2 N–H and O–H groups in total. The zero-order valence-electron chi connectivity index (χ0n) is 7.49. The lowest BCUT2D eigenvalue weighted by Gasteiger charge is -1.90. The van der Waals surface area contributed by atoms with Crippen LogP contribution in [0.5, 0.6) is 0 Å². The Labute approximate surface area is 43.0 Å². The second-order valence-corrected chi connectivity index (χ2v) is 0.989. The van der Waals surface area contributed by atoms with Gasteiger partial charge in [0, 0.05) is 11.4 Å². The van der Waals surface area contributed by atoms with Crippen LogP contribution in [0.15, 0.2) is 0 Å². The van der Waals surface area contributed by atoms with Crippen molar-refractivity contribution >= 4 is 5.91 Å². The number of amides is 1. The van der Waals surface area contributed by atoms with Crippen molar-refractivity contribution < 1.29 is 10.3 Å². The molecule has 1 unspecified atom stereocenters. The number of nitrogens with two attached hydrogens (primary N) is 1. The van der Waals surface area contributed by atoms with E-state index in [4.69, 9.17) is 5.48 Å². The molecule has 0 aliphatic carbocycles. The van der Waals surface area contributed by atoms with Crippen LogP contribution in [0.25, 0.3) is 0 Å². The van der Waals surface area contributed by atoms with E-state index < -0.39 is 18.7 Å². The maximum atomic E-state index is 10.3. The third-order valence-corrected chi connectivity index (χ3v) is 0.370. The highest BCUT2D eigenvalue weighted by molar-refractivity contribution is 5.75. The molecule has 0 aromatic rings. The van der Waals surface area contributed by atoms with Crippen LogP contribution in [0.3, 0.4) is 0 Å². The number of rotatable bonds is 1. The Hall–Kier alpha value is -0.530. The molecule has 0 radical (unpaired) electrons. The molecule has 36 valence electrons. The number of carbonyl (C=O) groups is 1. The smallest absolute Gasteiger partial charge is 0.219 e. The van der Waals surface area contributed by atoms with Crippen molar-refractivity contribution in [2.24, 2.45) is 11.6 Å². The lowest BCUT2D eigenvalue weighted by molar-refractivity contribution is -0.120. The van der Waals surface area contributed by atoms with Gasteiger partial charge in [-0.3, -0.25) is 4.79 Å². The van der Waals surface area contributed by atoms with Crippen LogP contribution in [0, 0.1) is 5.89 Å². The number of carbonyl (C=O) groups excluding carboxylic acids is 1. The molecule has 0 saturated heterocycles. The Kier molecular flexibility index (Phi) is 0.457. The second-order valence-electron chi connectivity index (χ2n) is 0.989. The average molecular weight is 91.1 g/mol. The van der Waals surface area contributed by atoms with Gasteiger partial charge in [-0.15, -0.1) is 0 Å². The summed E-state index contributed by atoms with van der Waals surface area (Å²) >= 11 is 0. The fraction of sp³-hybridized carbons (Fsp3) is 0.750. The Morgan fingerprint density at radius 2 is 2.83 bits per heavy atom. The molecule has 0 bridgehead atoms. The first-order valence-corrected chi connectivity index (χ1v) is 1.49. The van der Waals surface area contributed by atoms with Crippen molar-refractivity contribution in [2.75, 3.05) is 0 Å². The Bertz CT molecular complexity index is 150. The van der Waals surface area contributed by atoms with Crippen molar-refractivity contribution in [3.05, 3.63) is 0 Å². The molecule has 1 amide bonds. The zero-order valence-corrected chi connectivity index (χ0v) is 3.49. The summed E-state index contributed by atoms with van der Waals surface area (Å²) in [4.78, 5) is 10.3. The van der Waals surface area contributed by atoms with E-state index in [-0.39, 0.29) is 0 Å². The molecule has 1 atom stereocenters. The van der Waals surface area contributed by atoms with E-state index in [9.17, 15) is 4.79 Å². The van der Waals surface area contributed by atoms with Crippen molar-refractivity contribution in [3.8, 4) is 0 Å². The highest BCUT2D eigenvalue weighted by Gasteiger charge is 1.96. The van der Waals surface area contributed by atoms with E-state index in [0.29, 0.717) is 0 Å². The monoisotopic (exact) mass is 91.1 g/mol. The molecule has 0 heterocycles. The summed E-state index contributed by atoms with van der Waals surface area (Å²) in [6.07, 6.45) is 0. The first-order chi connectivity index (χ1) is 4.19. The van der Waals surface area contributed by atoms with Gasteiger partial charge in [-0.2, -0.15) is 0 Å². The van der Waals surface area contributed by atoms with Crippen molar-refractivity contribution in [3.63, 3.8) is 0 Å². The highest BCUT2D eigenvalue weighted by Crippen LogP contribution is 1.84. The Morgan fingerprint density at radius 3 is 2.83 bits per heavy atom. The molecular weight excluding hydrogens is 78.0 g/mol. The minimum Gasteiger partial charge on any atom is -0.369 e. The first-order valence-electron chi connectivity index (χ1n) is 3.49. The van der Waals surface area contributed by atoms with Gasteiger partial charge in [-0.25, -0.2) is 0 Å². The fourth-order valence-corrected chi connectivity index (χ4v) is 0. The minimum absolute atomic E-state index is 0.975. The van der Waals surface area contributed by atoms with Gasteiger partial charge < -0.3 is 5.73 Å². The Morgan fingerprint density at radius 1 is 2.33 bits per heavy atom. The number of hydrogen-bond acceptors (Lipinski definition) is 1. The largest absolute Gasteiger partial charge is 0.369 e. The van der Waals surface area contributed by atoms with Gasteiger partial charge in [0.15, 0.2) is 0 Å². The van der Waals surface area contributed by atoms with E-state index in [1.54, 1.807) is 0 Å². The molecule has 0 aromatic carbocycles. The predicted molar refractivity (Wildman–Crippen MR) is 24.0 cm³/mol. The lowest BCUT2D eigenvalue weighted by atomic mass is 10.2. The SMILES string of the molecule is [2H]C([2H])([2H])C([2H])(C)C(N)=O. The molecule has 0 aliphatic rings. The van der Waals surface area contributed by atoms with Crippen molar-refractivity contribution in [1.29, 1.82) is 0 Å². The molecule has 2 nitrogen and oxygen atoms in total. The van der Waals surface area contributed by atoms with Gasteiger partial charge in [0.05, 0.1) is 0 Å². The van der Waals surface area contributed by atoms with Gasteiger partial charge in [0.25, 0.3) is 0 Å². The maximum Gasteiger partial charge on any atom is 0.219 e. The molecule has 0 aromatic heterocycles. The number of primary amides is 1. The predicted octanol–water partition coefficient (Wildman–Crippen LogP) is 0.128. The zero-order chi connectivity index (χ0) is 8.58. The average Bonchev–Trinajstić information content (AvgIpc) is 1.62. The van der Waals surface area contributed by atoms with Gasteiger partial charge >= 0.3 is 0 Å². The quantitative estimate of drug-likeness (QED) is 0.489. The first kappa shape index (κ1) is 1.52. The van der Waals surface area contributed by atoms with Crippen LogP contribution in [0.4, 0.5) is 0 Å². The van der Waals surface area contributed by atoms with Crippen LogP contribution in [0.1, 0.15) is 19.3 Å². The molecule has 6 heavy (non-hydrogen) atoms. The topological polar surface area (TPSA) is 43.1 Å². The summed E-state index contributed by atoms with van der Waals surface area (Å²) in [5.74, 6) is -3.31. The molecule has 0 saturated carbocycles. The van der Waals surface area contributed by atoms with E-state index >= 15 is 0 Å². The molecule has 0 aliphatic heterocycles. The lowest BCUT2D eigenvalue weighted by Crippen LogP contribution is -2.17. The maximum absolute atomic E-state index is 10.3. The van der Waals surface area contributed by atoms with Gasteiger partial charge in [-0.1, -0.05) is 13.8 Å². The van der Waals surface area contributed by atoms with Crippen molar-refractivity contribution in [1.82, 2.24) is 0 Å². The van der Waals surface area contributed by atoms with Crippen LogP contribution >= 0.6 is 0 Å². The third-order valence-electron chi connectivity index (χ3n) is 0.370. The molecule has 0 fully saturated rings. The Balaban J connectivity index is 4.57. The molecular formula is C4H9NO. The van der Waals surface area contributed by atoms with Gasteiger partial charge in [-0.05, 0) is 0 Å². The van der Waals surface area contributed by atoms with E-state index in [0.717, 1.165) is 6.92 Å². The standard InChI is InChI=1S/C4H9NO/c1-3(2)4(5)6/h3H,1-2H3,(H2,5,6)/i1D3,3D. The van der Waals surface area contributed by atoms with Gasteiger partial charge in [0.2, 0.25) is 5.91 Å². The second kappa shape index (κ2) is 1.80. The van der Waals surface area contributed by atoms with Crippen LogP contribution in [-0.4, -0.2) is 5.91 Å². The summed E-state index contributed by atoms with van der Waals surface area (Å²) in [6, 6.07) is 0. The van der Waals surface area contributed by atoms with Gasteiger partial charge in [0.1, 0.15) is 0 Å². The van der Waals surface area contributed by atoms with E-state index in [1.807, 2.05) is 0 Å². The normalized spacial score (nSPS) is 30.8. The summed E-state index contributed by atoms with van der Waals surface area (Å²) in [7, 11) is 0. The highest BCUT2D eigenvalue weighted by atomic mass is 16.1. The van der Waals surface area contributed by atoms with Crippen molar-refractivity contribution in [2.45, 2.75) is 13.8 Å². The minimum atomic E-state index is -2.64. The summed E-state index contributed by atoms with van der Waals surface area (Å²) in [5.41, 5.74) is 4.67. The molecule has 2 heteroatoms. The summed E-state index contributed by atoms with van der Waals surface area (Å²) in [6.45, 7) is -1.67. The third kappa shape index (κ3) is 1.76. The molecule has 0 spiro atoms. The number of hydrogen-bond donors (Lipinski definition) is 1. The van der Waals surface area contributed by atoms with Crippen LogP contribution in [0.2, 0.25) is 0 Å². The summed E-state index contributed by atoms with van der Waals surface area (Å²) in [5, 5.41) is 0. The van der Waals surface area contributed by atoms with E-state index in [1.165, 1.54) is 0 Å². The van der Waals surface area contributed by atoms with Crippen LogP contribution < -0.4 is 5.73 Å². The molecule has 0 rings (SSSR count). The summed E-state index contributed by atoms with van der Waals surface area (Å²) < 4.78 is 27.1. The van der Waals surface area contributed by atoms with Crippen LogP contribution in [-0.2, 0) is 4.79 Å².